The van der Waals surface area contributed by atoms with Crippen molar-refractivity contribution in [1.82, 2.24) is 0 Å². The summed E-state index contributed by atoms with van der Waals surface area (Å²) in [5, 5.41) is 0. The number of hydrogen-bond acceptors (Lipinski definition) is 0. The summed E-state index contributed by atoms with van der Waals surface area (Å²) in [7, 11) is 0. The molecule has 0 aliphatic rings. The molecule has 0 aromatic heterocycles. The van der Waals surface area contributed by atoms with E-state index in [0.717, 1.165) is 0 Å². The van der Waals surface area contributed by atoms with Crippen molar-refractivity contribution >= 4 is 127 Å². The lowest BCUT2D eigenvalue weighted by molar-refractivity contribution is 0.793. The third kappa shape index (κ3) is 6.14. The second-order valence-electron chi connectivity index (χ2n) is 2.45. The molecule has 4 unspecified atom stereocenters. The van der Waals surface area contributed by atoms with Gasteiger partial charge in [-0.15, -0.1) is 0 Å². The molecule has 86 valence electrons. The van der Waals surface area contributed by atoms with Crippen molar-refractivity contribution in [1.29, 1.82) is 0 Å². The van der Waals surface area contributed by atoms with Gasteiger partial charge in [-0.1, -0.05) is 127 Å². The topological polar surface area (TPSA) is 0 Å². The van der Waals surface area contributed by atoms with E-state index in [1.807, 2.05) is 0 Å². The van der Waals surface area contributed by atoms with Gasteiger partial charge in [0.2, 0.25) is 0 Å². The average molecular weight is 717 g/mol. The third-order valence-electron chi connectivity index (χ3n) is 1.39. The minimum Gasteiger partial charge on any atom is -0.0865 e. The van der Waals surface area contributed by atoms with E-state index in [1.54, 1.807) is 0 Å². The van der Waals surface area contributed by atoms with Crippen LogP contribution in [0.5, 0.6) is 0 Å². The van der Waals surface area contributed by atoms with E-state index in [9.17, 15) is 0 Å². The molecule has 0 rings (SSSR count). The molecule has 0 bridgehead atoms. The van der Waals surface area contributed by atoms with Gasteiger partial charge in [-0.2, -0.15) is 0 Å². The highest BCUT2D eigenvalue weighted by Gasteiger charge is 2.33. The van der Waals surface area contributed by atoms with Crippen molar-refractivity contribution < 1.29 is 0 Å². The molecule has 4 atom stereocenters. The fraction of sp³-hybridized carbons (Fsp3) is 1.00. The first-order valence-electron chi connectivity index (χ1n) is 3.41. The van der Waals surface area contributed by atoms with Gasteiger partial charge in [0.15, 0.2) is 0 Å². The Bertz CT molecular complexity index is 142. The first-order valence-corrected chi connectivity index (χ1v) is 10.7. The maximum atomic E-state index is 3.65. The van der Waals surface area contributed by atoms with Gasteiger partial charge in [-0.05, 0) is 0 Å². The maximum Gasteiger partial charge on any atom is 0.0833 e. The summed E-state index contributed by atoms with van der Waals surface area (Å²) in [6.45, 7) is 0. The Labute approximate surface area is 152 Å². The predicted octanol–water partition coefficient (Wildman–Crippen LogP) is 6.27. The first kappa shape index (κ1) is 17.8. The quantitative estimate of drug-likeness (QED) is 0.295. The molecular weight excluding hydrogens is 711 g/mol. The molecule has 0 radical (unpaired) electrons. The van der Waals surface area contributed by atoms with Gasteiger partial charge in [-0.25, -0.2) is 0 Å². The Morgan fingerprint density at radius 3 is 0.714 bits per heavy atom. The lowest BCUT2D eigenvalue weighted by Gasteiger charge is -2.27. The number of alkyl halides is 8. The molecule has 0 nitrogen and oxygen atoms in total. The Hall–Kier alpha value is 3.84. The normalized spacial score (nSPS) is 21.0. The average Bonchev–Trinajstić information content (AvgIpc) is 2.12. The zero-order valence-electron chi connectivity index (χ0n) is 6.49. The first-order chi connectivity index (χ1) is 6.29. The molecule has 0 aliphatic heterocycles. The molecule has 0 aliphatic carbocycles. The monoisotopic (exact) mass is 709 g/mol. The van der Waals surface area contributed by atoms with Gasteiger partial charge in [0, 0.05) is 9.65 Å². The van der Waals surface area contributed by atoms with Crippen LogP contribution in [-0.4, -0.2) is 26.8 Å². The van der Waals surface area contributed by atoms with Crippen molar-refractivity contribution in [2.45, 2.75) is 26.8 Å². The molecule has 0 aromatic rings. The van der Waals surface area contributed by atoms with Gasteiger partial charge >= 0.3 is 0 Å². The van der Waals surface area contributed by atoms with Crippen LogP contribution in [0.3, 0.4) is 0 Å². The third-order valence-corrected chi connectivity index (χ3v) is 13.1. The highest BCUT2D eigenvalue weighted by molar-refractivity contribution is 9.26. The molecule has 0 saturated heterocycles. The molecule has 0 fully saturated rings. The van der Waals surface area contributed by atoms with E-state index in [1.165, 1.54) is 0 Å². The van der Waals surface area contributed by atoms with Gasteiger partial charge in [0.1, 0.15) is 0 Å². The van der Waals surface area contributed by atoms with Crippen molar-refractivity contribution in [2.75, 3.05) is 0 Å². The Kier molecular flexibility index (Phi) is 11.3. The lowest BCUT2D eigenvalue weighted by atomic mass is 10.2. The van der Waals surface area contributed by atoms with Crippen molar-refractivity contribution in [3.8, 4) is 0 Å². The van der Waals surface area contributed by atoms with Gasteiger partial charge in [0.05, 0.1) is 17.1 Å². The largest absolute Gasteiger partial charge is 0.0865 e. The van der Waals surface area contributed by atoms with Crippen LogP contribution in [-0.2, 0) is 0 Å². The SMILES string of the molecule is BrC(Br)C(Br)C(Br)C(Br)C(Br)C(Br)Br. The fourth-order valence-corrected chi connectivity index (χ4v) is 6.33. The number of halogens is 8. The Morgan fingerprint density at radius 2 is 0.571 bits per heavy atom. The van der Waals surface area contributed by atoms with Crippen LogP contribution in [0.1, 0.15) is 0 Å². The van der Waals surface area contributed by atoms with Gasteiger partial charge < -0.3 is 0 Å². The summed E-state index contributed by atoms with van der Waals surface area (Å²) in [5.74, 6) is 0. The molecule has 0 saturated carbocycles. The highest BCUT2D eigenvalue weighted by Crippen LogP contribution is 2.37. The van der Waals surface area contributed by atoms with Crippen LogP contribution in [0.2, 0.25) is 0 Å². The van der Waals surface area contributed by atoms with Gasteiger partial charge in [-0.3, -0.25) is 0 Å². The van der Waals surface area contributed by atoms with E-state index < -0.39 is 0 Å². The van der Waals surface area contributed by atoms with E-state index in [-0.39, 0.29) is 26.8 Å². The van der Waals surface area contributed by atoms with Crippen LogP contribution in [0, 0.1) is 0 Å². The summed E-state index contributed by atoms with van der Waals surface area (Å²) >= 11 is 28.4. The summed E-state index contributed by atoms with van der Waals surface area (Å²) in [5.41, 5.74) is 0. The molecule has 14 heavy (non-hydrogen) atoms. The molecule has 0 spiro atoms. The van der Waals surface area contributed by atoms with Crippen molar-refractivity contribution in [2.24, 2.45) is 0 Å². The molecule has 0 N–H and O–H groups in total. The van der Waals surface area contributed by atoms with Crippen LogP contribution >= 0.6 is 127 Å². The molecule has 0 heterocycles. The van der Waals surface area contributed by atoms with Crippen LogP contribution in [0.15, 0.2) is 0 Å². The highest BCUT2D eigenvalue weighted by atomic mass is 79.9. The molecule has 0 aromatic carbocycles. The summed E-state index contributed by atoms with van der Waals surface area (Å²) in [6.07, 6.45) is 0. The zero-order valence-corrected chi connectivity index (χ0v) is 19.2. The minimum atomic E-state index is 0.225. The molecular formula is C6H6Br8. The Balaban J connectivity index is 4.30. The lowest BCUT2D eigenvalue weighted by Crippen LogP contribution is -2.36. The summed E-state index contributed by atoms with van der Waals surface area (Å²) in [4.78, 5) is 1.14. The minimum absolute atomic E-state index is 0.225. The number of hydrogen-bond donors (Lipinski definition) is 0. The number of rotatable bonds is 5. The van der Waals surface area contributed by atoms with Gasteiger partial charge in [0.25, 0.3) is 0 Å². The standard InChI is InChI=1S/C6H6Br8/c7-1(3(9)5(11)12)2(8)4(10)6(13)14/h1-6H. The molecule has 0 amide bonds. The van der Waals surface area contributed by atoms with Crippen LogP contribution in [0.25, 0.3) is 0 Å². The second kappa shape index (κ2) is 8.86. The molecule has 8 heteroatoms. The van der Waals surface area contributed by atoms with E-state index in [2.05, 4.69) is 127 Å². The van der Waals surface area contributed by atoms with E-state index in [4.69, 9.17) is 0 Å². The predicted molar refractivity (Wildman–Crippen MR) is 94.1 cm³/mol. The Morgan fingerprint density at radius 1 is 0.357 bits per heavy atom. The zero-order chi connectivity index (χ0) is 11.5. The maximum absolute atomic E-state index is 3.65. The van der Waals surface area contributed by atoms with E-state index >= 15 is 0 Å². The van der Waals surface area contributed by atoms with Crippen molar-refractivity contribution in [3.05, 3.63) is 0 Å². The van der Waals surface area contributed by atoms with Crippen molar-refractivity contribution in [3.63, 3.8) is 0 Å². The fourth-order valence-electron chi connectivity index (χ4n) is 0.629. The second-order valence-corrected chi connectivity index (χ2v) is 13.1. The van der Waals surface area contributed by atoms with Crippen LogP contribution in [0.4, 0.5) is 0 Å². The van der Waals surface area contributed by atoms with E-state index in [0.29, 0.717) is 0 Å². The van der Waals surface area contributed by atoms with Crippen LogP contribution < -0.4 is 0 Å². The summed E-state index contributed by atoms with van der Waals surface area (Å²) < 4.78 is 0.450. The smallest absolute Gasteiger partial charge is 0.0833 e. The summed E-state index contributed by atoms with van der Waals surface area (Å²) in [6, 6.07) is 0.